The van der Waals surface area contributed by atoms with Crippen LogP contribution in [0.15, 0.2) is 78.9 Å². The van der Waals surface area contributed by atoms with E-state index in [-0.39, 0.29) is 17.6 Å². The van der Waals surface area contributed by atoms with Crippen LogP contribution in [0.2, 0.25) is 0 Å². The second-order valence-corrected chi connectivity index (χ2v) is 6.74. The number of carboxylic acids is 1. The van der Waals surface area contributed by atoms with Crippen LogP contribution in [0.4, 0.5) is 5.69 Å². The molecule has 1 aliphatic rings. The van der Waals surface area contributed by atoms with E-state index in [1.54, 1.807) is 17.0 Å². The van der Waals surface area contributed by atoms with E-state index < -0.39 is 5.97 Å². The normalized spacial score (nSPS) is 15.6. The third kappa shape index (κ3) is 3.47. The first kappa shape index (κ1) is 17.8. The molecule has 5 nitrogen and oxygen atoms in total. The number of carboxylic acid groups (broad SMARTS) is 1. The fourth-order valence-electron chi connectivity index (χ4n) is 3.48. The smallest absolute Gasteiger partial charge is 0.257 e. The number of fused-ring (bicyclic) bond motifs is 1. The Hall–Kier alpha value is -3.60. The Kier molecular flexibility index (Phi) is 4.81. The number of nitrogens with one attached hydrogen (secondary N) is 1. The van der Waals surface area contributed by atoms with Crippen LogP contribution in [-0.4, -0.2) is 23.3 Å². The number of benzene rings is 3. The number of hydrogen-bond donors (Lipinski definition) is 1. The van der Waals surface area contributed by atoms with Gasteiger partial charge in [0.1, 0.15) is 6.17 Å². The van der Waals surface area contributed by atoms with Crippen molar-refractivity contribution < 1.29 is 14.7 Å². The largest absolute Gasteiger partial charge is 0.545 e. The summed E-state index contributed by atoms with van der Waals surface area (Å²) in [5.74, 6) is -1.26. The highest BCUT2D eigenvalue weighted by atomic mass is 16.4. The van der Waals surface area contributed by atoms with Gasteiger partial charge in [0.15, 0.2) is 0 Å². The molecule has 0 unspecified atom stereocenters. The predicted molar refractivity (Wildman–Crippen MR) is 105 cm³/mol. The van der Waals surface area contributed by atoms with Gasteiger partial charge in [-0.25, -0.2) is 0 Å². The molecule has 140 valence electrons. The molecule has 0 fully saturated rings. The summed E-state index contributed by atoms with van der Waals surface area (Å²) in [6, 6.07) is 23.9. The fourth-order valence-corrected chi connectivity index (χ4v) is 3.48. The summed E-state index contributed by atoms with van der Waals surface area (Å²) < 4.78 is 0. The zero-order valence-electron chi connectivity index (χ0n) is 15.2. The second-order valence-electron chi connectivity index (χ2n) is 6.74. The Morgan fingerprint density at radius 3 is 2.32 bits per heavy atom. The van der Waals surface area contributed by atoms with Crippen LogP contribution in [0.1, 0.15) is 38.0 Å². The molecular formula is C23H19N2O3-. The highest BCUT2D eigenvalue weighted by Crippen LogP contribution is 2.33. The lowest BCUT2D eigenvalue weighted by molar-refractivity contribution is -0.255. The van der Waals surface area contributed by atoms with Gasteiger partial charge in [0, 0.05) is 12.2 Å². The molecule has 1 aliphatic heterocycles. The molecule has 4 rings (SSSR count). The van der Waals surface area contributed by atoms with E-state index in [1.807, 2.05) is 54.6 Å². The molecule has 0 radical (unpaired) electrons. The molecule has 0 saturated heterocycles. The maximum absolute atomic E-state index is 13.2. The molecule has 3 aromatic rings. The maximum Gasteiger partial charge on any atom is 0.257 e. The monoisotopic (exact) mass is 371 g/mol. The molecule has 0 bridgehead atoms. The molecule has 0 saturated carbocycles. The van der Waals surface area contributed by atoms with Crippen molar-refractivity contribution >= 4 is 17.6 Å². The average Bonchev–Trinajstić information content (AvgIpc) is 2.74. The SMILES string of the molecule is O=C([O-])c1ccc([C@@H]2Nc3ccccc3C(=O)N2CCc2ccccc2)cc1. The number of anilines is 1. The van der Waals surface area contributed by atoms with E-state index in [0.29, 0.717) is 12.1 Å². The molecule has 1 amide bonds. The fraction of sp³-hybridized carbons (Fsp3) is 0.130. The van der Waals surface area contributed by atoms with Crippen molar-refractivity contribution in [3.05, 3.63) is 101 Å². The summed E-state index contributed by atoms with van der Waals surface area (Å²) in [6.45, 7) is 0.539. The third-order valence-electron chi connectivity index (χ3n) is 4.97. The van der Waals surface area contributed by atoms with Gasteiger partial charge >= 0.3 is 0 Å². The summed E-state index contributed by atoms with van der Waals surface area (Å²) in [6.07, 6.45) is 0.353. The minimum Gasteiger partial charge on any atom is -0.545 e. The number of carbonyl (C=O) groups excluding carboxylic acids is 2. The van der Waals surface area contributed by atoms with Crippen molar-refractivity contribution in [1.29, 1.82) is 0 Å². The van der Waals surface area contributed by atoms with Crippen molar-refractivity contribution in [3.8, 4) is 0 Å². The van der Waals surface area contributed by atoms with E-state index in [0.717, 1.165) is 23.2 Å². The van der Waals surface area contributed by atoms with Gasteiger partial charge < -0.3 is 20.1 Å². The van der Waals surface area contributed by atoms with E-state index in [9.17, 15) is 14.7 Å². The first-order valence-electron chi connectivity index (χ1n) is 9.15. The van der Waals surface area contributed by atoms with Gasteiger partial charge in [-0.15, -0.1) is 0 Å². The number of amides is 1. The lowest BCUT2D eigenvalue weighted by Crippen LogP contribution is -2.44. The Labute approximate surface area is 163 Å². The molecular weight excluding hydrogens is 352 g/mol. The van der Waals surface area contributed by atoms with Gasteiger partial charge in [-0.3, -0.25) is 4.79 Å². The molecule has 0 spiro atoms. The molecule has 3 aromatic carbocycles. The Morgan fingerprint density at radius 2 is 1.61 bits per heavy atom. The highest BCUT2D eigenvalue weighted by molar-refractivity contribution is 6.01. The van der Waals surface area contributed by atoms with Crippen LogP contribution in [0.3, 0.4) is 0 Å². The number of para-hydroxylation sites is 1. The van der Waals surface area contributed by atoms with Gasteiger partial charge in [0.05, 0.1) is 11.5 Å². The summed E-state index contributed by atoms with van der Waals surface area (Å²) in [7, 11) is 0. The Balaban J connectivity index is 1.66. The van der Waals surface area contributed by atoms with Gasteiger partial charge in [0.2, 0.25) is 0 Å². The Bertz CT molecular complexity index is 1000. The minimum absolute atomic E-state index is 0.0424. The van der Waals surface area contributed by atoms with Crippen LogP contribution in [-0.2, 0) is 6.42 Å². The lowest BCUT2D eigenvalue weighted by Gasteiger charge is -2.38. The second kappa shape index (κ2) is 7.56. The molecule has 28 heavy (non-hydrogen) atoms. The topological polar surface area (TPSA) is 72.5 Å². The van der Waals surface area contributed by atoms with Crippen LogP contribution >= 0.6 is 0 Å². The first-order chi connectivity index (χ1) is 13.6. The summed E-state index contributed by atoms with van der Waals surface area (Å²) >= 11 is 0. The van der Waals surface area contributed by atoms with E-state index >= 15 is 0 Å². The van der Waals surface area contributed by atoms with Gasteiger partial charge in [-0.1, -0.05) is 66.7 Å². The van der Waals surface area contributed by atoms with Crippen molar-refractivity contribution in [2.45, 2.75) is 12.6 Å². The minimum atomic E-state index is -1.22. The molecule has 0 aliphatic carbocycles. The van der Waals surface area contributed by atoms with Crippen molar-refractivity contribution in [2.24, 2.45) is 0 Å². The quantitative estimate of drug-likeness (QED) is 0.749. The van der Waals surface area contributed by atoms with E-state index in [1.165, 1.54) is 12.1 Å². The molecule has 1 heterocycles. The molecule has 1 atom stereocenters. The first-order valence-corrected chi connectivity index (χ1v) is 9.15. The third-order valence-corrected chi connectivity index (χ3v) is 4.97. The summed E-state index contributed by atoms with van der Waals surface area (Å²) in [5, 5.41) is 14.5. The van der Waals surface area contributed by atoms with E-state index in [4.69, 9.17) is 0 Å². The van der Waals surface area contributed by atoms with Gasteiger partial charge in [-0.05, 0) is 35.2 Å². The lowest BCUT2D eigenvalue weighted by atomic mass is 10.0. The van der Waals surface area contributed by atoms with E-state index in [2.05, 4.69) is 5.32 Å². The number of nitrogens with zero attached hydrogens (tertiary/aromatic N) is 1. The van der Waals surface area contributed by atoms with Crippen molar-refractivity contribution in [2.75, 3.05) is 11.9 Å². The van der Waals surface area contributed by atoms with Crippen LogP contribution in [0.25, 0.3) is 0 Å². The molecule has 1 N–H and O–H groups in total. The Morgan fingerprint density at radius 1 is 0.929 bits per heavy atom. The number of carbonyl (C=O) groups is 2. The highest BCUT2D eigenvalue weighted by Gasteiger charge is 2.32. The van der Waals surface area contributed by atoms with Crippen LogP contribution in [0, 0.1) is 0 Å². The number of hydrogen-bond acceptors (Lipinski definition) is 4. The van der Waals surface area contributed by atoms with Crippen LogP contribution < -0.4 is 10.4 Å². The molecule has 5 heteroatoms. The maximum atomic E-state index is 13.2. The van der Waals surface area contributed by atoms with Gasteiger partial charge in [-0.2, -0.15) is 0 Å². The number of rotatable bonds is 5. The van der Waals surface area contributed by atoms with Crippen molar-refractivity contribution in [1.82, 2.24) is 4.90 Å². The zero-order chi connectivity index (χ0) is 19.5. The summed E-state index contributed by atoms with van der Waals surface area (Å²) in [5.41, 5.74) is 3.50. The molecule has 0 aromatic heterocycles. The van der Waals surface area contributed by atoms with Crippen molar-refractivity contribution in [3.63, 3.8) is 0 Å². The predicted octanol–water partition coefficient (Wildman–Crippen LogP) is 2.86. The van der Waals surface area contributed by atoms with Crippen LogP contribution in [0.5, 0.6) is 0 Å². The zero-order valence-corrected chi connectivity index (χ0v) is 15.2. The van der Waals surface area contributed by atoms with Gasteiger partial charge in [0.25, 0.3) is 5.91 Å². The summed E-state index contributed by atoms with van der Waals surface area (Å²) in [4.78, 5) is 26.0. The standard InChI is InChI=1S/C23H20N2O3/c26-22-19-8-4-5-9-20(19)24-21(17-10-12-18(13-11-17)23(27)28)25(22)15-14-16-6-2-1-3-7-16/h1-13,21,24H,14-15H2,(H,27,28)/p-1/t21-/m1/s1. The average molecular weight is 371 g/mol. The number of aromatic carboxylic acids is 1.